The van der Waals surface area contributed by atoms with Crippen molar-refractivity contribution in [1.82, 2.24) is 4.90 Å². The molecule has 2 atom stereocenters. The summed E-state index contributed by atoms with van der Waals surface area (Å²) < 4.78 is 16.9. The van der Waals surface area contributed by atoms with Crippen molar-refractivity contribution < 1.29 is 33.7 Å². The van der Waals surface area contributed by atoms with Gasteiger partial charge >= 0.3 is 17.9 Å². The number of likely N-dealkylation sites (tertiary alicyclic amines) is 1. The molecule has 1 saturated heterocycles. The van der Waals surface area contributed by atoms with Gasteiger partial charge in [0, 0.05) is 25.8 Å². The van der Waals surface area contributed by atoms with E-state index in [0.717, 1.165) is 89.9 Å². The SMILES string of the molecule is CCCCCCCCCCCOC(=O)CCCCCN1CC(O)CC1C(=O)OCCCCCCCC(=O)OC(CCCCCC)CCCCCC. The Bertz CT molecular complexity index is 825. The van der Waals surface area contributed by atoms with E-state index in [0.29, 0.717) is 45.6 Å². The van der Waals surface area contributed by atoms with Crippen molar-refractivity contribution in [2.24, 2.45) is 0 Å². The molecule has 2 unspecified atom stereocenters. The smallest absolute Gasteiger partial charge is 0.323 e. The summed E-state index contributed by atoms with van der Waals surface area (Å²) in [5.74, 6) is -0.404. The van der Waals surface area contributed by atoms with Crippen LogP contribution in [-0.4, -0.2) is 72.5 Å². The number of hydrogen-bond donors (Lipinski definition) is 1. The summed E-state index contributed by atoms with van der Waals surface area (Å²) in [7, 11) is 0. The minimum absolute atomic E-state index is 0.0506. The maximum atomic E-state index is 12.8. The van der Waals surface area contributed by atoms with E-state index in [1.165, 1.54) is 83.5 Å². The average Bonchev–Trinajstić information content (AvgIpc) is 3.50. The monoisotopic (exact) mass is 724 g/mol. The van der Waals surface area contributed by atoms with E-state index >= 15 is 0 Å². The van der Waals surface area contributed by atoms with Gasteiger partial charge in [0.15, 0.2) is 0 Å². The Balaban J connectivity index is 2.10. The zero-order valence-corrected chi connectivity index (χ0v) is 33.6. The molecule has 51 heavy (non-hydrogen) atoms. The largest absolute Gasteiger partial charge is 0.466 e. The Labute approximate surface area is 313 Å². The highest BCUT2D eigenvalue weighted by atomic mass is 16.5. The van der Waals surface area contributed by atoms with E-state index in [-0.39, 0.29) is 24.0 Å². The molecule has 0 saturated carbocycles. The van der Waals surface area contributed by atoms with Crippen molar-refractivity contribution in [3.63, 3.8) is 0 Å². The number of carbonyl (C=O) groups excluding carboxylic acids is 3. The highest BCUT2D eigenvalue weighted by Gasteiger charge is 2.36. The fourth-order valence-corrected chi connectivity index (χ4v) is 7.08. The molecule has 1 N–H and O–H groups in total. The standard InChI is InChI=1S/C43H81NO7/c1-4-7-10-13-14-15-16-19-27-34-49-41(46)31-25-21-26-33-44-37-38(45)36-40(44)43(48)50-35-28-20-17-18-24-32-42(47)51-39(29-22-11-8-5-2)30-23-12-9-6-3/h38-40,45H,4-37H2,1-3H3. The van der Waals surface area contributed by atoms with Gasteiger partial charge in [0.2, 0.25) is 0 Å². The van der Waals surface area contributed by atoms with Gasteiger partial charge in [-0.05, 0) is 64.3 Å². The van der Waals surface area contributed by atoms with Gasteiger partial charge in [-0.1, -0.05) is 136 Å². The second-order valence-electron chi connectivity index (χ2n) is 15.3. The van der Waals surface area contributed by atoms with Crippen LogP contribution < -0.4 is 0 Å². The van der Waals surface area contributed by atoms with Crippen LogP contribution in [0.25, 0.3) is 0 Å². The van der Waals surface area contributed by atoms with E-state index < -0.39 is 12.1 Å². The molecular weight excluding hydrogens is 642 g/mol. The van der Waals surface area contributed by atoms with Crippen LogP contribution in [-0.2, 0) is 28.6 Å². The number of nitrogens with zero attached hydrogens (tertiary/aromatic N) is 1. The zero-order valence-electron chi connectivity index (χ0n) is 33.6. The molecular formula is C43H81NO7. The topological polar surface area (TPSA) is 102 Å². The van der Waals surface area contributed by atoms with E-state index in [4.69, 9.17) is 14.2 Å². The van der Waals surface area contributed by atoms with Crippen LogP contribution in [0.3, 0.4) is 0 Å². The van der Waals surface area contributed by atoms with Gasteiger partial charge < -0.3 is 19.3 Å². The number of ether oxygens (including phenoxy) is 3. The van der Waals surface area contributed by atoms with Gasteiger partial charge in [-0.3, -0.25) is 19.3 Å². The summed E-state index contributed by atoms with van der Waals surface area (Å²) in [5.41, 5.74) is 0. The molecule has 8 nitrogen and oxygen atoms in total. The van der Waals surface area contributed by atoms with Crippen LogP contribution in [0.2, 0.25) is 0 Å². The van der Waals surface area contributed by atoms with Crippen molar-refractivity contribution >= 4 is 17.9 Å². The van der Waals surface area contributed by atoms with Crippen LogP contribution in [0.5, 0.6) is 0 Å². The predicted octanol–water partition coefficient (Wildman–Crippen LogP) is 10.8. The molecule has 1 aliphatic rings. The van der Waals surface area contributed by atoms with Crippen LogP contribution in [0.15, 0.2) is 0 Å². The van der Waals surface area contributed by atoms with Gasteiger partial charge in [-0.25, -0.2) is 0 Å². The van der Waals surface area contributed by atoms with Gasteiger partial charge in [-0.2, -0.15) is 0 Å². The number of carbonyl (C=O) groups is 3. The van der Waals surface area contributed by atoms with Crippen LogP contribution in [0.4, 0.5) is 0 Å². The van der Waals surface area contributed by atoms with Crippen LogP contribution in [0, 0.1) is 0 Å². The first-order chi connectivity index (χ1) is 24.9. The maximum Gasteiger partial charge on any atom is 0.323 e. The first-order valence-corrected chi connectivity index (χ1v) is 21.8. The third kappa shape index (κ3) is 27.6. The Morgan fingerprint density at radius 2 is 1.02 bits per heavy atom. The molecule has 1 aliphatic heterocycles. The molecule has 0 bridgehead atoms. The van der Waals surface area contributed by atoms with E-state index in [2.05, 4.69) is 20.8 Å². The number of unbranched alkanes of at least 4 members (excludes halogenated alkanes) is 20. The summed E-state index contributed by atoms with van der Waals surface area (Å²) in [4.78, 5) is 39.5. The van der Waals surface area contributed by atoms with E-state index in [1.807, 2.05) is 4.90 Å². The summed E-state index contributed by atoms with van der Waals surface area (Å²) in [6, 6.07) is -0.394. The summed E-state index contributed by atoms with van der Waals surface area (Å²) >= 11 is 0. The minimum atomic E-state index is -0.511. The molecule has 1 fully saturated rings. The number of esters is 3. The molecule has 0 aromatic carbocycles. The third-order valence-electron chi connectivity index (χ3n) is 10.3. The average molecular weight is 724 g/mol. The second kappa shape index (κ2) is 34.1. The molecule has 1 heterocycles. The maximum absolute atomic E-state index is 12.8. The van der Waals surface area contributed by atoms with Crippen molar-refractivity contribution in [2.45, 2.75) is 232 Å². The van der Waals surface area contributed by atoms with Crippen LogP contribution in [0.1, 0.15) is 213 Å². The first kappa shape index (κ1) is 47.4. The second-order valence-corrected chi connectivity index (χ2v) is 15.3. The number of β-amino-alcohol motifs (C(OH)–C–C–N with tert-alkyl or cyclic N) is 1. The highest BCUT2D eigenvalue weighted by Crippen LogP contribution is 2.21. The molecule has 0 aliphatic carbocycles. The van der Waals surface area contributed by atoms with Crippen molar-refractivity contribution in [3.8, 4) is 0 Å². The number of aliphatic hydroxyl groups is 1. The Morgan fingerprint density at radius 3 is 1.59 bits per heavy atom. The zero-order chi connectivity index (χ0) is 37.2. The fourth-order valence-electron chi connectivity index (χ4n) is 7.08. The molecule has 0 radical (unpaired) electrons. The third-order valence-corrected chi connectivity index (χ3v) is 10.3. The minimum Gasteiger partial charge on any atom is -0.466 e. The van der Waals surface area contributed by atoms with Crippen molar-refractivity contribution in [3.05, 3.63) is 0 Å². The highest BCUT2D eigenvalue weighted by molar-refractivity contribution is 5.76. The number of rotatable bonds is 36. The number of hydrogen-bond acceptors (Lipinski definition) is 8. The summed E-state index contributed by atoms with van der Waals surface area (Å²) in [6.45, 7) is 8.80. The van der Waals surface area contributed by atoms with Crippen molar-refractivity contribution in [1.29, 1.82) is 0 Å². The van der Waals surface area contributed by atoms with Gasteiger partial charge in [0.05, 0.1) is 19.3 Å². The molecule has 8 heteroatoms. The summed E-state index contributed by atoms with van der Waals surface area (Å²) in [6.07, 6.45) is 30.9. The number of aliphatic hydroxyl groups excluding tert-OH is 1. The molecule has 0 amide bonds. The Kier molecular flexibility index (Phi) is 31.7. The fraction of sp³-hybridized carbons (Fsp3) is 0.930. The van der Waals surface area contributed by atoms with Gasteiger partial charge in [0.25, 0.3) is 0 Å². The molecule has 0 aromatic heterocycles. The lowest BCUT2D eigenvalue weighted by Gasteiger charge is -2.22. The van der Waals surface area contributed by atoms with E-state index in [9.17, 15) is 19.5 Å². The normalized spacial score (nSPS) is 16.2. The molecule has 0 aromatic rings. The van der Waals surface area contributed by atoms with Crippen LogP contribution >= 0.6 is 0 Å². The predicted molar refractivity (Wildman–Crippen MR) is 209 cm³/mol. The molecule has 300 valence electrons. The quantitative estimate of drug-likeness (QED) is 0.0387. The lowest BCUT2D eigenvalue weighted by Crippen LogP contribution is -2.38. The van der Waals surface area contributed by atoms with Crippen molar-refractivity contribution in [2.75, 3.05) is 26.3 Å². The summed E-state index contributed by atoms with van der Waals surface area (Å²) in [5, 5.41) is 10.2. The first-order valence-electron chi connectivity index (χ1n) is 21.8. The lowest BCUT2D eigenvalue weighted by atomic mass is 10.0. The van der Waals surface area contributed by atoms with Gasteiger partial charge in [0.1, 0.15) is 12.1 Å². The van der Waals surface area contributed by atoms with Gasteiger partial charge in [-0.15, -0.1) is 0 Å². The Hall–Kier alpha value is -1.67. The van der Waals surface area contributed by atoms with E-state index in [1.54, 1.807) is 0 Å². The molecule has 1 rings (SSSR count). The Morgan fingerprint density at radius 1 is 0.569 bits per heavy atom. The lowest BCUT2D eigenvalue weighted by molar-refractivity contribution is -0.150. The molecule has 0 spiro atoms.